The highest BCUT2D eigenvalue weighted by atomic mass is 16.5. The average Bonchev–Trinajstić information content (AvgIpc) is 2.17. The molecule has 0 amide bonds. The SMILES string of the molecule is COC(=O)Cc1ccc([N+](C)(C)C)cc1. The van der Waals surface area contributed by atoms with Crippen LogP contribution in [-0.4, -0.2) is 34.2 Å². The molecule has 15 heavy (non-hydrogen) atoms. The standard InChI is InChI=1S/C12H18NO2/c1-13(2,3)11-7-5-10(6-8-11)9-12(14)15-4/h5-8H,9H2,1-4H3/q+1. The summed E-state index contributed by atoms with van der Waals surface area (Å²) in [5.74, 6) is -0.201. The molecule has 0 atom stereocenters. The third-order valence-corrected chi connectivity index (χ3v) is 2.29. The molecule has 0 aliphatic rings. The number of carbonyl (C=O) groups excluding carboxylic acids is 1. The van der Waals surface area contributed by atoms with Crippen LogP contribution in [0.5, 0.6) is 0 Å². The molecular formula is C12H18NO2+. The number of benzene rings is 1. The number of carbonyl (C=O) groups is 1. The van der Waals surface area contributed by atoms with Crippen molar-refractivity contribution in [1.82, 2.24) is 4.48 Å². The maximum absolute atomic E-state index is 11.0. The molecule has 82 valence electrons. The van der Waals surface area contributed by atoms with Crippen LogP contribution in [0.25, 0.3) is 0 Å². The van der Waals surface area contributed by atoms with Crippen molar-refractivity contribution < 1.29 is 9.53 Å². The first kappa shape index (κ1) is 11.7. The minimum Gasteiger partial charge on any atom is -0.469 e. The molecule has 1 aromatic rings. The predicted octanol–water partition coefficient (Wildman–Crippen LogP) is 1.60. The number of ether oxygens (including phenoxy) is 1. The molecular weight excluding hydrogens is 190 g/mol. The topological polar surface area (TPSA) is 26.3 Å². The summed E-state index contributed by atoms with van der Waals surface area (Å²) in [5.41, 5.74) is 2.20. The van der Waals surface area contributed by atoms with Gasteiger partial charge in [0.2, 0.25) is 0 Å². The van der Waals surface area contributed by atoms with Gasteiger partial charge in [0.15, 0.2) is 0 Å². The van der Waals surface area contributed by atoms with Gasteiger partial charge >= 0.3 is 5.97 Å². The molecule has 3 nitrogen and oxygen atoms in total. The Balaban J connectivity index is 2.77. The van der Waals surface area contributed by atoms with E-state index in [1.165, 1.54) is 12.8 Å². The molecule has 1 rings (SSSR count). The summed E-state index contributed by atoms with van der Waals surface area (Å²) < 4.78 is 5.39. The van der Waals surface area contributed by atoms with Crippen LogP contribution in [0, 0.1) is 0 Å². The summed E-state index contributed by atoms with van der Waals surface area (Å²) in [4.78, 5) is 11.0. The van der Waals surface area contributed by atoms with Gasteiger partial charge in [-0.2, -0.15) is 0 Å². The molecule has 0 heterocycles. The Bertz CT molecular complexity index is 336. The van der Waals surface area contributed by atoms with Crippen molar-refractivity contribution in [2.45, 2.75) is 6.42 Å². The van der Waals surface area contributed by atoms with E-state index in [-0.39, 0.29) is 5.97 Å². The van der Waals surface area contributed by atoms with Crippen molar-refractivity contribution in [3.05, 3.63) is 29.8 Å². The number of hydrogen-bond donors (Lipinski definition) is 0. The second-order valence-corrected chi connectivity index (χ2v) is 4.43. The van der Waals surface area contributed by atoms with Crippen LogP contribution in [0.2, 0.25) is 0 Å². The normalized spacial score (nSPS) is 11.2. The van der Waals surface area contributed by atoms with Gasteiger partial charge in [0.25, 0.3) is 0 Å². The number of nitrogens with zero attached hydrogens (tertiary/aromatic N) is 1. The van der Waals surface area contributed by atoms with Gasteiger partial charge in [-0.1, -0.05) is 12.1 Å². The molecule has 0 unspecified atom stereocenters. The number of hydrogen-bond acceptors (Lipinski definition) is 2. The van der Waals surface area contributed by atoms with Crippen molar-refractivity contribution >= 4 is 11.7 Å². The van der Waals surface area contributed by atoms with E-state index >= 15 is 0 Å². The van der Waals surface area contributed by atoms with E-state index in [0.717, 1.165) is 10.0 Å². The molecule has 0 spiro atoms. The third kappa shape index (κ3) is 3.36. The fraction of sp³-hybridized carbons (Fsp3) is 0.417. The lowest BCUT2D eigenvalue weighted by molar-refractivity contribution is -0.139. The zero-order chi connectivity index (χ0) is 11.5. The fourth-order valence-electron chi connectivity index (χ4n) is 1.30. The van der Waals surface area contributed by atoms with Gasteiger partial charge in [0.1, 0.15) is 5.69 Å². The van der Waals surface area contributed by atoms with E-state index in [4.69, 9.17) is 0 Å². The van der Waals surface area contributed by atoms with Crippen LogP contribution < -0.4 is 4.48 Å². The molecule has 0 saturated heterocycles. The highest BCUT2D eigenvalue weighted by molar-refractivity contribution is 5.72. The van der Waals surface area contributed by atoms with E-state index in [0.29, 0.717) is 6.42 Å². The summed E-state index contributed by atoms with van der Waals surface area (Å²) in [7, 11) is 7.72. The zero-order valence-corrected chi connectivity index (χ0v) is 9.78. The number of esters is 1. The Kier molecular flexibility index (Phi) is 3.48. The fourth-order valence-corrected chi connectivity index (χ4v) is 1.30. The molecule has 0 aromatic heterocycles. The zero-order valence-electron chi connectivity index (χ0n) is 9.78. The lowest BCUT2D eigenvalue weighted by Gasteiger charge is -2.23. The van der Waals surface area contributed by atoms with Crippen LogP contribution in [0.1, 0.15) is 5.56 Å². The Labute approximate surface area is 90.9 Å². The minimum atomic E-state index is -0.201. The van der Waals surface area contributed by atoms with Crippen LogP contribution in [0.4, 0.5) is 5.69 Å². The smallest absolute Gasteiger partial charge is 0.309 e. The summed E-state index contributed by atoms with van der Waals surface area (Å²) in [6.07, 6.45) is 0.341. The lowest BCUT2D eigenvalue weighted by atomic mass is 10.1. The van der Waals surface area contributed by atoms with Crippen molar-refractivity contribution in [3.8, 4) is 0 Å². The Morgan fingerprint density at radius 2 is 1.73 bits per heavy atom. The van der Waals surface area contributed by atoms with Gasteiger partial charge < -0.3 is 4.74 Å². The predicted molar refractivity (Wildman–Crippen MR) is 61.7 cm³/mol. The maximum atomic E-state index is 11.0. The van der Waals surface area contributed by atoms with Gasteiger partial charge in [-0.3, -0.25) is 9.28 Å². The van der Waals surface area contributed by atoms with Crippen molar-refractivity contribution in [2.75, 3.05) is 28.3 Å². The first-order valence-electron chi connectivity index (χ1n) is 4.91. The quantitative estimate of drug-likeness (QED) is 0.557. The Morgan fingerprint density at radius 3 is 2.13 bits per heavy atom. The molecule has 0 bridgehead atoms. The molecule has 0 radical (unpaired) electrons. The molecule has 0 aliphatic carbocycles. The summed E-state index contributed by atoms with van der Waals surface area (Å²) >= 11 is 0. The van der Waals surface area contributed by atoms with Crippen molar-refractivity contribution in [2.24, 2.45) is 0 Å². The summed E-state index contributed by atoms with van der Waals surface area (Å²) in [5, 5.41) is 0. The Hall–Kier alpha value is -1.35. The van der Waals surface area contributed by atoms with Crippen molar-refractivity contribution in [3.63, 3.8) is 0 Å². The monoisotopic (exact) mass is 208 g/mol. The second-order valence-electron chi connectivity index (χ2n) is 4.43. The van der Waals surface area contributed by atoms with E-state index in [1.807, 2.05) is 24.3 Å². The molecule has 0 fully saturated rings. The van der Waals surface area contributed by atoms with Crippen LogP contribution in [0.15, 0.2) is 24.3 Å². The maximum Gasteiger partial charge on any atom is 0.309 e. The van der Waals surface area contributed by atoms with Crippen LogP contribution in [-0.2, 0) is 16.0 Å². The Morgan fingerprint density at radius 1 is 1.20 bits per heavy atom. The largest absolute Gasteiger partial charge is 0.469 e. The molecule has 0 saturated carbocycles. The first-order valence-corrected chi connectivity index (χ1v) is 4.91. The van der Waals surface area contributed by atoms with E-state index < -0.39 is 0 Å². The molecule has 0 aliphatic heterocycles. The van der Waals surface area contributed by atoms with Crippen LogP contribution in [0.3, 0.4) is 0 Å². The number of rotatable bonds is 3. The third-order valence-electron chi connectivity index (χ3n) is 2.29. The summed E-state index contributed by atoms with van der Waals surface area (Å²) in [6.45, 7) is 0. The van der Waals surface area contributed by atoms with Crippen molar-refractivity contribution in [1.29, 1.82) is 0 Å². The second kappa shape index (κ2) is 4.45. The average molecular weight is 208 g/mol. The van der Waals surface area contributed by atoms with Crippen LogP contribution >= 0.6 is 0 Å². The van der Waals surface area contributed by atoms with Gasteiger partial charge in [-0.05, 0) is 17.7 Å². The van der Waals surface area contributed by atoms with Gasteiger partial charge in [-0.15, -0.1) is 0 Å². The molecule has 0 N–H and O–H groups in total. The highest BCUT2D eigenvalue weighted by Gasteiger charge is 2.11. The van der Waals surface area contributed by atoms with E-state index in [9.17, 15) is 4.79 Å². The minimum absolute atomic E-state index is 0.201. The highest BCUT2D eigenvalue weighted by Crippen LogP contribution is 2.17. The number of methoxy groups -OCH3 is 1. The van der Waals surface area contributed by atoms with Gasteiger partial charge in [-0.25, -0.2) is 0 Å². The number of quaternary nitrogens is 1. The lowest BCUT2D eigenvalue weighted by Crippen LogP contribution is -2.34. The van der Waals surface area contributed by atoms with Gasteiger partial charge in [0.05, 0.1) is 34.7 Å². The first-order chi connectivity index (χ1) is 6.93. The molecule has 3 heteroatoms. The van der Waals surface area contributed by atoms with E-state index in [1.54, 1.807) is 0 Å². The van der Waals surface area contributed by atoms with Gasteiger partial charge in [0, 0.05) is 0 Å². The summed E-state index contributed by atoms with van der Waals surface area (Å²) in [6, 6.07) is 8.02. The van der Waals surface area contributed by atoms with E-state index in [2.05, 4.69) is 25.9 Å². The molecule has 1 aromatic carbocycles.